The number of sulfonamides is 1. The Balaban J connectivity index is 2.04. The number of rotatable bonds is 3. The molecule has 0 unspecified atom stereocenters. The number of benzene rings is 2. The fourth-order valence-electron chi connectivity index (χ4n) is 2.22. The van der Waals surface area contributed by atoms with Gasteiger partial charge in [0, 0.05) is 16.6 Å². The molecule has 0 saturated carbocycles. The first-order valence-electron chi connectivity index (χ1n) is 6.27. The van der Waals surface area contributed by atoms with Crippen LogP contribution in [0.25, 0.3) is 22.2 Å². The van der Waals surface area contributed by atoms with Gasteiger partial charge in [-0.2, -0.15) is 0 Å². The molecule has 0 atom stereocenters. The van der Waals surface area contributed by atoms with E-state index in [1.165, 1.54) is 12.1 Å². The third-order valence-corrected chi connectivity index (χ3v) is 4.25. The summed E-state index contributed by atoms with van der Waals surface area (Å²) >= 11 is 0. The maximum atomic E-state index is 11.2. The Labute approximate surface area is 122 Å². The molecule has 21 heavy (non-hydrogen) atoms. The minimum atomic E-state index is -3.66. The summed E-state index contributed by atoms with van der Waals surface area (Å²) in [6.07, 6.45) is 0. The number of primary sulfonamides is 1. The number of fused-ring (bicyclic) bond motifs is 1. The van der Waals surface area contributed by atoms with Gasteiger partial charge >= 0.3 is 0 Å². The van der Waals surface area contributed by atoms with Gasteiger partial charge in [-0.05, 0) is 42.0 Å². The van der Waals surface area contributed by atoms with Crippen molar-refractivity contribution in [3.8, 4) is 17.0 Å². The van der Waals surface area contributed by atoms with E-state index in [0.717, 1.165) is 27.9 Å². The fraction of sp³-hybridized carbons (Fsp3) is 0.0667. The molecule has 0 amide bonds. The van der Waals surface area contributed by atoms with Crippen molar-refractivity contribution >= 4 is 20.9 Å². The van der Waals surface area contributed by atoms with Crippen LogP contribution in [0.2, 0.25) is 0 Å². The number of hydrogen-bond acceptors (Lipinski definition) is 3. The fourth-order valence-corrected chi connectivity index (χ4v) is 2.73. The second-order valence-corrected chi connectivity index (χ2v) is 6.27. The molecule has 108 valence electrons. The Morgan fingerprint density at radius 1 is 1.05 bits per heavy atom. The van der Waals surface area contributed by atoms with Crippen molar-refractivity contribution < 1.29 is 13.2 Å². The monoisotopic (exact) mass is 302 g/mol. The lowest BCUT2D eigenvalue weighted by Gasteiger charge is -2.00. The van der Waals surface area contributed by atoms with Crippen molar-refractivity contribution in [1.82, 2.24) is 4.98 Å². The summed E-state index contributed by atoms with van der Waals surface area (Å²) < 4.78 is 27.7. The van der Waals surface area contributed by atoms with Gasteiger partial charge < -0.3 is 9.72 Å². The van der Waals surface area contributed by atoms with Gasteiger partial charge in [0.2, 0.25) is 10.0 Å². The van der Waals surface area contributed by atoms with Crippen LogP contribution in [0.15, 0.2) is 53.4 Å². The van der Waals surface area contributed by atoms with Crippen LogP contribution < -0.4 is 9.88 Å². The average molecular weight is 302 g/mol. The Morgan fingerprint density at radius 2 is 1.76 bits per heavy atom. The van der Waals surface area contributed by atoms with Crippen LogP contribution in [0.1, 0.15) is 0 Å². The summed E-state index contributed by atoms with van der Waals surface area (Å²) in [5.74, 6) is 0.789. The van der Waals surface area contributed by atoms with Gasteiger partial charge in [0.25, 0.3) is 0 Å². The number of ether oxygens (including phenoxy) is 1. The smallest absolute Gasteiger partial charge is 0.238 e. The maximum Gasteiger partial charge on any atom is 0.238 e. The van der Waals surface area contributed by atoms with Crippen LogP contribution in [-0.2, 0) is 10.0 Å². The van der Waals surface area contributed by atoms with Crippen LogP contribution >= 0.6 is 0 Å². The number of aromatic amines is 1. The molecule has 3 N–H and O–H groups in total. The first kappa shape index (κ1) is 13.7. The average Bonchev–Trinajstić information content (AvgIpc) is 2.89. The Kier molecular flexibility index (Phi) is 3.19. The molecule has 0 bridgehead atoms. The molecule has 0 spiro atoms. The highest BCUT2D eigenvalue weighted by Crippen LogP contribution is 2.27. The van der Waals surface area contributed by atoms with Crippen molar-refractivity contribution in [2.75, 3.05) is 7.11 Å². The van der Waals surface area contributed by atoms with E-state index < -0.39 is 10.0 Å². The van der Waals surface area contributed by atoms with Crippen LogP contribution in [0, 0.1) is 0 Å². The summed E-state index contributed by atoms with van der Waals surface area (Å²) in [5.41, 5.74) is 2.78. The lowest BCUT2D eigenvalue weighted by molar-refractivity contribution is 0.415. The number of methoxy groups -OCH3 is 1. The lowest BCUT2D eigenvalue weighted by Crippen LogP contribution is -2.11. The molecule has 0 fully saturated rings. The molecule has 1 heterocycles. The highest BCUT2D eigenvalue weighted by Gasteiger charge is 2.09. The zero-order chi connectivity index (χ0) is 15.0. The molecule has 0 radical (unpaired) electrons. The van der Waals surface area contributed by atoms with Gasteiger partial charge in [0.15, 0.2) is 0 Å². The summed E-state index contributed by atoms with van der Waals surface area (Å²) in [6.45, 7) is 0. The van der Waals surface area contributed by atoms with E-state index in [4.69, 9.17) is 9.88 Å². The van der Waals surface area contributed by atoms with Crippen molar-refractivity contribution in [3.05, 3.63) is 48.5 Å². The number of aromatic nitrogens is 1. The van der Waals surface area contributed by atoms with Crippen molar-refractivity contribution in [3.63, 3.8) is 0 Å². The molecule has 2 aromatic carbocycles. The van der Waals surface area contributed by atoms with E-state index >= 15 is 0 Å². The van der Waals surface area contributed by atoms with E-state index in [9.17, 15) is 8.42 Å². The number of nitrogens with two attached hydrogens (primary N) is 1. The third kappa shape index (κ3) is 2.63. The van der Waals surface area contributed by atoms with E-state index in [-0.39, 0.29) is 4.90 Å². The first-order valence-corrected chi connectivity index (χ1v) is 7.82. The minimum Gasteiger partial charge on any atom is -0.497 e. The van der Waals surface area contributed by atoms with Gasteiger partial charge in [-0.15, -0.1) is 0 Å². The number of H-pyrrole nitrogens is 1. The predicted octanol–water partition coefficient (Wildman–Crippen LogP) is 2.49. The molecule has 0 aliphatic rings. The third-order valence-electron chi connectivity index (χ3n) is 3.32. The summed E-state index contributed by atoms with van der Waals surface area (Å²) in [5, 5.41) is 6.12. The molecule has 0 aliphatic carbocycles. The minimum absolute atomic E-state index is 0.101. The zero-order valence-electron chi connectivity index (χ0n) is 11.3. The standard InChI is InChI=1S/C15H14N2O3S/c1-20-12-4-7-14-11(8-12)9-15(17-14)10-2-5-13(6-3-10)21(16,18)19/h2-9,17H,1H3,(H2,16,18,19). The van der Waals surface area contributed by atoms with Crippen LogP contribution in [0.5, 0.6) is 5.75 Å². The SMILES string of the molecule is COc1ccc2[nH]c(-c3ccc(S(N)(=O)=O)cc3)cc2c1. The van der Waals surface area contributed by atoms with Crippen molar-refractivity contribution in [1.29, 1.82) is 0 Å². The molecule has 6 heteroatoms. The second kappa shape index (κ2) is 4.91. The largest absolute Gasteiger partial charge is 0.497 e. The van der Waals surface area contributed by atoms with Gasteiger partial charge in [-0.3, -0.25) is 0 Å². The maximum absolute atomic E-state index is 11.2. The van der Waals surface area contributed by atoms with Crippen molar-refractivity contribution in [2.45, 2.75) is 4.90 Å². The molecule has 0 saturated heterocycles. The zero-order valence-corrected chi connectivity index (χ0v) is 12.1. The predicted molar refractivity (Wildman–Crippen MR) is 81.7 cm³/mol. The van der Waals surface area contributed by atoms with Gasteiger partial charge in [-0.1, -0.05) is 12.1 Å². The second-order valence-electron chi connectivity index (χ2n) is 4.71. The van der Waals surface area contributed by atoms with Crippen molar-refractivity contribution in [2.24, 2.45) is 5.14 Å². The molecular formula is C15H14N2O3S. The molecule has 3 rings (SSSR count). The van der Waals surface area contributed by atoms with E-state index in [1.807, 2.05) is 24.3 Å². The normalized spacial score (nSPS) is 11.7. The summed E-state index contributed by atoms with van der Waals surface area (Å²) in [4.78, 5) is 3.39. The lowest BCUT2D eigenvalue weighted by atomic mass is 10.1. The Bertz CT molecular complexity index is 896. The van der Waals surface area contributed by atoms with Crippen LogP contribution in [-0.4, -0.2) is 20.5 Å². The van der Waals surface area contributed by atoms with Crippen LogP contribution in [0.4, 0.5) is 0 Å². The van der Waals surface area contributed by atoms with Gasteiger partial charge in [0.1, 0.15) is 5.75 Å². The summed E-state index contributed by atoms with van der Waals surface area (Å²) in [7, 11) is -2.04. The number of hydrogen-bond donors (Lipinski definition) is 2. The quantitative estimate of drug-likeness (QED) is 0.779. The Morgan fingerprint density at radius 3 is 2.38 bits per heavy atom. The van der Waals surface area contributed by atoms with E-state index in [0.29, 0.717) is 0 Å². The number of nitrogens with one attached hydrogen (secondary N) is 1. The highest BCUT2D eigenvalue weighted by molar-refractivity contribution is 7.89. The highest BCUT2D eigenvalue weighted by atomic mass is 32.2. The van der Waals surface area contributed by atoms with Gasteiger partial charge in [0.05, 0.1) is 12.0 Å². The van der Waals surface area contributed by atoms with Crippen LogP contribution in [0.3, 0.4) is 0 Å². The molecule has 3 aromatic rings. The molecule has 1 aromatic heterocycles. The van der Waals surface area contributed by atoms with E-state index in [1.54, 1.807) is 19.2 Å². The first-order chi connectivity index (χ1) is 9.97. The Hall–Kier alpha value is -2.31. The molecular weight excluding hydrogens is 288 g/mol. The molecule has 0 aliphatic heterocycles. The summed E-state index contributed by atoms with van der Waals surface area (Å²) in [6, 6.07) is 14.2. The topological polar surface area (TPSA) is 85.2 Å². The van der Waals surface area contributed by atoms with Gasteiger partial charge in [-0.25, -0.2) is 13.6 Å². The molecule has 5 nitrogen and oxygen atoms in total. The van der Waals surface area contributed by atoms with E-state index in [2.05, 4.69) is 4.98 Å².